The first kappa shape index (κ1) is 33.3. The molecule has 0 bridgehead atoms. The molecule has 4 aromatic rings. The number of benzene rings is 4. The van der Waals surface area contributed by atoms with E-state index in [1.807, 2.05) is 61.5 Å². The first-order valence-electron chi connectivity index (χ1n) is 15.3. The Morgan fingerprint density at radius 1 is 0.891 bits per heavy atom. The summed E-state index contributed by atoms with van der Waals surface area (Å²) < 4.78 is 43.7. The maximum atomic E-state index is 14.6. The zero-order valence-electron chi connectivity index (χ0n) is 25.6. The molecule has 0 spiro atoms. The van der Waals surface area contributed by atoms with Gasteiger partial charge in [-0.1, -0.05) is 88.9 Å². The fraction of sp³-hybridized carbons (Fsp3) is 0.278. The van der Waals surface area contributed by atoms with E-state index in [9.17, 15) is 22.4 Å². The maximum absolute atomic E-state index is 14.6. The van der Waals surface area contributed by atoms with Crippen molar-refractivity contribution in [2.24, 2.45) is 0 Å². The molecule has 0 heterocycles. The molecule has 0 aliphatic heterocycles. The molecule has 240 valence electrons. The number of amides is 2. The van der Waals surface area contributed by atoms with Crippen molar-refractivity contribution in [3.05, 3.63) is 130 Å². The molecule has 4 aromatic carbocycles. The fourth-order valence-electron chi connectivity index (χ4n) is 5.73. The van der Waals surface area contributed by atoms with Crippen LogP contribution >= 0.6 is 15.9 Å². The zero-order valence-corrected chi connectivity index (χ0v) is 28.0. The Morgan fingerprint density at radius 3 is 2.20 bits per heavy atom. The number of sulfonamides is 1. The molecule has 1 aliphatic rings. The second kappa shape index (κ2) is 15.0. The minimum atomic E-state index is -4.30. The average molecular weight is 707 g/mol. The Bertz CT molecular complexity index is 1750. The number of nitrogens with zero attached hydrogens (tertiary/aromatic N) is 2. The van der Waals surface area contributed by atoms with Crippen molar-refractivity contribution in [2.75, 3.05) is 10.8 Å². The topological polar surface area (TPSA) is 86.8 Å². The van der Waals surface area contributed by atoms with Crippen LogP contribution in [0.5, 0.6) is 0 Å². The minimum Gasteiger partial charge on any atom is -0.352 e. The highest BCUT2D eigenvalue weighted by molar-refractivity contribution is 9.10. The van der Waals surface area contributed by atoms with Gasteiger partial charge in [0.2, 0.25) is 11.8 Å². The van der Waals surface area contributed by atoms with Crippen molar-refractivity contribution in [3.8, 4) is 0 Å². The van der Waals surface area contributed by atoms with Crippen molar-refractivity contribution in [2.45, 2.75) is 62.6 Å². The molecule has 1 fully saturated rings. The number of rotatable bonds is 12. The third-order valence-corrected chi connectivity index (χ3v) is 10.5. The molecule has 1 saturated carbocycles. The van der Waals surface area contributed by atoms with Crippen molar-refractivity contribution in [3.63, 3.8) is 0 Å². The van der Waals surface area contributed by atoms with E-state index in [0.29, 0.717) is 0 Å². The lowest BCUT2D eigenvalue weighted by atomic mass is 10.0. The summed E-state index contributed by atoms with van der Waals surface area (Å²) in [4.78, 5) is 30.0. The summed E-state index contributed by atoms with van der Waals surface area (Å²) >= 11 is 3.50. The molecule has 1 aliphatic carbocycles. The van der Waals surface area contributed by atoms with E-state index in [2.05, 4.69) is 21.2 Å². The van der Waals surface area contributed by atoms with Crippen LogP contribution in [-0.4, -0.2) is 43.8 Å². The number of anilines is 1. The molecule has 2 amide bonds. The van der Waals surface area contributed by atoms with Crippen LogP contribution in [0.25, 0.3) is 0 Å². The van der Waals surface area contributed by atoms with Crippen LogP contribution in [0.15, 0.2) is 112 Å². The normalized spacial score (nSPS) is 14.1. The Labute approximate surface area is 278 Å². The molecule has 0 saturated heterocycles. The molecule has 0 unspecified atom stereocenters. The molecule has 5 rings (SSSR count). The summed E-state index contributed by atoms with van der Waals surface area (Å²) in [7, 11) is -4.30. The maximum Gasteiger partial charge on any atom is 0.264 e. The highest BCUT2D eigenvalue weighted by atomic mass is 79.9. The van der Waals surface area contributed by atoms with Gasteiger partial charge >= 0.3 is 0 Å². The lowest BCUT2D eigenvalue weighted by Crippen LogP contribution is -2.54. The van der Waals surface area contributed by atoms with Crippen molar-refractivity contribution < 1.29 is 22.4 Å². The number of hydrogen-bond acceptors (Lipinski definition) is 4. The lowest BCUT2D eigenvalue weighted by molar-refractivity contribution is -0.140. The predicted octanol–water partition coefficient (Wildman–Crippen LogP) is 6.79. The molecule has 46 heavy (non-hydrogen) atoms. The first-order chi connectivity index (χ1) is 22.1. The van der Waals surface area contributed by atoms with Crippen LogP contribution in [-0.2, 0) is 32.6 Å². The third kappa shape index (κ3) is 8.41. The van der Waals surface area contributed by atoms with E-state index >= 15 is 0 Å². The van der Waals surface area contributed by atoms with E-state index in [1.165, 1.54) is 17.0 Å². The van der Waals surface area contributed by atoms with E-state index in [1.54, 1.807) is 24.3 Å². The monoisotopic (exact) mass is 705 g/mol. The number of nitrogens with one attached hydrogen (secondary N) is 1. The molecular formula is C36H37BrFN3O4S. The van der Waals surface area contributed by atoms with E-state index < -0.39 is 34.3 Å². The fourth-order valence-corrected chi connectivity index (χ4v) is 7.59. The summed E-state index contributed by atoms with van der Waals surface area (Å²) in [5.41, 5.74) is 2.84. The lowest BCUT2D eigenvalue weighted by Gasteiger charge is -2.34. The first-order valence-corrected chi connectivity index (χ1v) is 17.6. The van der Waals surface area contributed by atoms with Gasteiger partial charge in [-0.05, 0) is 79.4 Å². The van der Waals surface area contributed by atoms with Crippen LogP contribution in [0.2, 0.25) is 0 Å². The van der Waals surface area contributed by atoms with Gasteiger partial charge < -0.3 is 10.2 Å². The summed E-state index contributed by atoms with van der Waals surface area (Å²) in [6.45, 7) is 1.38. The van der Waals surface area contributed by atoms with E-state index in [-0.39, 0.29) is 35.5 Å². The SMILES string of the molecule is Cc1ccc(N(CC(=O)N(Cc2cccc(Br)c2)[C@@H](Cc2ccccc2)C(=O)NC2CCCC2)S(=O)(=O)c2ccc(F)cc2)cc1. The van der Waals surface area contributed by atoms with Gasteiger partial charge in [0.1, 0.15) is 18.4 Å². The van der Waals surface area contributed by atoms with Gasteiger partial charge in [0.05, 0.1) is 10.6 Å². The largest absolute Gasteiger partial charge is 0.352 e. The van der Waals surface area contributed by atoms with Gasteiger partial charge in [0.15, 0.2) is 0 Å². The smallest absolute Gasteiger partial charge is 0.264 e. The van der Waals surface area contributed by atoms with Crippen molar-refractivity contribution >= 4 is 43.5 Å². The standard InChI is InChI=1S/C36H37BrFN3O4S/c1-26-14-18-32(19-15-26)41(46(44,45)33-20-16-30(38)17-21-33)25-35(42)40(24-28-10-7-11-29(37)22-28)34(23-27-8-3-2-4-9-27)36(43)39-31-12-5-6-13-31/h2-4,7-11,14-22,31,34H,5-6,12-13,23-25H2,1H3,(H,39,43)/t34-/m0/s1. The molecule has 10 heteroatoms. The van der Waals surface area contributed by atoms with Crippen molar-refractivity contribution in [1.82, 2.24) is 10.2 Å². The summed E-state index contributed by atoms with van der Waals surface area (Å²) in [5.74, 6) is -1.40. The summed E-state index contributed by atoms with van der Waals surface area (Å²) in [5, 5.41) is 3.17. The van der Waals surface area contributed by atoms with Gasteiger partial charge in [0, 0.05) is 23.5 Å². The molecule has 0 aromatic heterocycles. The predicted molar refractivity (Wildman–Crippen MR) is 181 cm³/mol. The second-order valence-corrected chi connectivity index (χ2v) is 14.4. The number of carbonyl (C=O) groups is 2. The average Bonchev–Trinajstić information content (AvgIpc) is 3.55. The van der Waals surface area contributed by atoms with Gasteiger partial charge in [0.25, 0.3) is 10.0 Å². The summed E-state index contributed by atoms with van der Waals surface area (Å²) in [6.07, 6.45) is 4.05. The highest BCUT2D eigenvalue weighted by Gasteiger charge is 2.35. The number of carbonyl (C=O) groups excluding carboxylic acids is 2. The quantitative estimate of drug-likeness (QED) is 0.176. The highest BCUT2D eigenvalue weighted by Crippen LogP contribution is 2.26. The van der Waals surface area contributed by atoms with Gasteiger partial charge in [-0.15, -0.1) is 0 Å². The number of hydrogen-bond donors (Lipinski definition) is 1. The zero-order chi connectivity index (χ0) is 32.7. The van der Waals surface area contributed by atoms with Crippen LogP contribution in [0.4, 0.5) is 10.1 Å². The Morgan fingerprint density at radius 2 is 1.54 bits per heavy atom. The second-order valence-electron chi connectivity index (χ2n) is 11.6. The molecule has 1 N–H and O–H groups in total. The molecule has 0 radical (unpaired) electrons. The molecule has 1 atom stereocenters. The van der Waals surface area contributed by atoms with Crippen molar-refractivity contribution in [1.29, 1.82) is 0 Å². The van der Waals surface area contributed by atoms with Crippen LogP contribution in [0.3, 0.4) is 0 Å². The van der Waals surface area contributed by atoms with Gasteiger partial charge in [-0.2, -0.15) is 0 Å². The van der Waals surface area contributed by atoms with Gasteiger partial charge in [-0.3, -0.25) is 13.9 Å². The van der Waals surface area contributed by atoms with Crippen LogP contribution in [0, 0.1) is 12.7 Å². The Kier molecular flexibility index (Phi) is 10.9. The van der Waals surface area contributed by atoms with E-state index in [0.717, 1.165) is 63.3 Å². The number of halogens is 2. The Balaban J connectivity index is 1.56. The van der Waals surface area contributed by atoms with Crippen LogP contribution in [0.1, 0.15) is 42.4 Å². The minimum absolute atomic E-state index is 0.0245. The molecule has 7 nitrogen and oxygen atoms in total. The van der Waals surface area contributed by atoms with Gasteiger partial charge in [-0.25, -0.2) is 12.8 Å². The van der Waals surface area contributed by atoms with Crippen LogP contribution < -0.4 is 9.62 Å². The Hall–Kier alpha value is -4.02. The van der Waals surface area contributed by atoms with E-state index in [4.69, 9.17) is 0 Å². The molecular weight excluding hydrogens is 669 g/mol. The number of aryl methyl sites for hydroxylation is 1. The summed E-state index contributed by atoms with van der Waals surface area (Å²) in [6, 6.07) is 27.4. The third-order valence-electron chi connectivity index (χ3n) is 8.22.